The van der Waals surface area contributed by atoms with Gasteiger partial charge < -0.3 is 9.47 Å². The van der Waals surface area contributed by atoms with Crippen LogP contribution in [-0.4, -0.2) is 18.2 Å². The molecule has 20 heavy (non-hydrogen) atoms. The predicted octanol–water partition coefficient (Wildman–Crippen LogP) is 3.38. The number of nitrogens with zero attached hydrogens (tertiary/aromatic N) is 1. The first kappa shape index (κ1) is 13.3. The molecule has 1 heterocycles. The summed E-state index contributed by atoms with van der Waals surface area (Å²) in [6.07, 6.45) is 3.66. The Hall–Kier alpha value is -1.74. The quantitative estimate of drug-likeness (QED) is 0.809. The van der Waals surface area contributed by atoms with Crippen molar-refractivity contribution in [1.82, 2.24) is 4.98 Å². The van der Waals surface area contributed by atoms with Gasteiger partial charge in [0, 0.05) is 18.9 Å². The fourth-order valence-corrected chi connectivity index (χ4v) is 2.71. The number of aromatic nitrogens is 1. The highest BCUT2D eigenvalue weighted by atomic mass is 35.5. The van der Waals surface area contributed by atoms with E-state index in [1.807, 2.05) is 6.07 Å². The Balaban J connectivity index is 1.79. The molecule has 1 aliphatic carbocycles. The lowest BCUT2D eigenvalue weighted by atomic mass is 10.1. The fraction of sp³-hybridized carbons (Fsp3) is 0.312. The minimum atomic E-state index is 0.145. The second-order valence-electron chi connectivity index (χ2n) is 4.88. The third-order valence-corrected chi connectivity index (χ3v) is 3.83. The van der Waals surface area contributed by atoms with E-state index < -0.39 is 0 Å². The summed E-state index contributed by atoms with van der Waals surface area (Å²) in [5.41, 5.74) is 3.52. The van der Waals surface area contributed by atoms with Crippen LogP contribution in [0.15, 0.2) is 36.5 Å². The monoisotopic (exact) mass is 289 g/mol. The van der Waals surface area contributed by atoms with Crippen LogP contribution in [0.3, 0.4) is 0 Å². The normalized spacial score (nSPS) is 14.1. The number of fused-ring (bicyclic) bond motifs is 1. The molecule has 104 valence electrons. The zero-order valence-electron chi connectivity index (χ0n) is 11.3. The number of alkyl halides is 1. The van der Waals surface area contributed by atoms with Crippen molar-refractivity contribution in [2.45, 2.75) is 24.8 Å². The molecule has 0 atom stereocenters. The minimum absolute atomic E-state index is 0.145. The summed E-state index contributed by atoms with van der Waals surface area (Å²) in [4.78, 5) is 4.21. The maximum Gasteiger partial charge on any atom is 0.179 e. The molecule has 1 aliphatic rings. The first-order valence-electron chi connectivity index (χ1n) is 6.62. The van der Waals surface area contributed by atoms with Crippen LogP contribution in [0.5, 0.6) is 11.5 Å². The van der Waals surface area contributed by atoms with E-state index >= 15 is 0 Å². The average Bonchev–Trinajstić information content (AvgIpc) is 2.89. The van der Waals surface area contributed by atoms with Crippen LogP contribution >= 0.6 is 11.6 Å². The maximum atomic E-state index is 6.10. The predicted molar refractivity (Wildman–Crippen MR) is 78.6 cm³/mol. The van der Waals surface area contributed by atoms with Gasteiger partial charge in [0.2, 0.25) is 0 Å². The standard InChI is InChI=1S/C16H16ClNO2/c1-19-16-10-18-13(9-17)8-15(16)20-14-6-11-4-2-3-5-12(11)7-14/h2-5,8,10,14H,6-7,9H2,1H3. The Morgan fingerprint density at radius 2 is 1.90 bits per heavy atom. The smallest absolute Gasteiger partial charge is 0.179 e. The van der Waals surface area contributed by atoms with E-state index in [9.17, 15) is 0 Å². The molecule has 0 amide bonds. The topological polar surface area (TPSA) is 31.4 Å². The van der Waals surface area contributed by atoms with Gasteiger partial charge in [-0.3, -0.25) is 4.98 Å². The van der Waals surface area contributed by atoms with Crippen LogP contribution in [0.4, 0.5) is 0 Å². The lowest BCUT2D eigenvalue weighted by Crippen LogP contribution is -2.17. The molecule has 3 rings (SSSR count). The van der Waals surface area contributed by atoms with Crippen LogP contribution in [0.1, 0.15) is 16.8 Å². The Kier molecular flexibility index (Phi) is 3.79. The fourth-order valence-electron chi connectivity index (χ4n) is 2.56. The van der Waals surface area contributed by atoms with Crippen LogP contribution in [-0.2, 0) is 18.7 Å². The number of rotatable bonds is 4. The van der Waals surface area contributed by atoms with Crippen molar-refractivity contribution in [3.05, 3.63) is 53.3 Å². The molecular weight excluding hydrogens is 274 g/mol. The first-order valence-corrected chi connectivity index (χ1v) is 7.16. The highest BCUT2D eigenvalue weighted by Gasteiger charge is 2.23. The van der Waals surface area contributed by atoms with Gasteiger partial charge in [-0.2, -0.15) is 0 Å². The van der Waals surface area contributed by atoms with E-state index in [2.05, 4.69) is 29.2 Å². The molecule has 0 spiro atoms. The largest absolute Gasteiger partial charge is 0.491 e. The summed E-state index contributed by atoms with van der Waals surface area (Å²) < 4.78 is 11.4. The zero-order valence-corrected chi connectivity index (χ0v) is 12.1. The number of methoxy groups -OCH3 is 1. The van der Waals surface area contributed by atoms with Gasteiger partial charge in [0.05, 0.1) is 24.9 Å². The summed E-state index contributed by atoms with van der Waals surface area (Å²) in [5.74, 6) is 1.73. The summed E-state index contributed by atoms with van der Waals surface area (Å²) in [5, 5.41) is 0. The number of halogens is 1. The number of benzene rings is 1. The number of ether oxygens (including phenoxy) is 2. The van der Waals surface area contributed by atoms with E-state index in [1.165, 1.54) is 11.1 Å². The molecule has 3 nitrogen and oxygen atoms in total. The molecule has 2 aromatic rings. The molecule has 0 saturated carbocycles. The van der Waals surface area contributed by atoms with Crippen molar-refractivity contribution in [3.8, 4) is 11.5 Å². The van der Waals surface area contributed by atoms with E-state index in [1.54, 1.807) is 13.3 Å². The van der Waals surface area contributed by atoms with Crippen LogP contribution in [0, 0.1) is 0 Å². The minimum Gasteiger partial charge on any atom is -0.491 e. The van der Waals surface area contributed by atoms with Crippen molar-refractivity contribution < 1.29 is 9.47 Å². The van der Waals surface area contributed by atoms with Gasteiger partial charge in [0.1, 0.15) is 6.10 Å². The van der Waals surface area contributed by atoms with Gasteiger partial charge in [-0.1, -0.05) is 24.3 Å². The molecule has 1 aromatic heterocycles. The molecule has 0 bridgehead atoms. The average molecular weight is 290 g/mol. The van der Waals surface area contributed by atoms with E-state index in [4.69, 9.17) is 21.1 Å². The Morgan fingerprint density at radius 3 is 2.50 bits per heavy atom. The summed E-state index contributed by atoms with van der Waals surface area (Å²) in [7, 11) is 1.62. The van der Waals surface area contributed by atoms with Crippen molar-refractivity contribution in [1.29, 1.82) is 0 Å². The Bertz CT molecular complexity index is 590. The lowest BCUT2D eigenvalue weighted by molar-refractivity contribution is 0.203. The molecule has 0 aliphatic heterocycles. The number of hydrogen-bond acceptors (Lipinski definition) is 3. The third-order valence-electron chi connectivity index (χ3n) is 3.55. The van der Waals surface area contributed by atoms with Crippen LogP contribution in [0.2, 0.25) is 0 Å². The zero-order chi connectivity index (χ0) is 13.9. The van der Waals surface area contributed by atoms with E-state index in [0.29, 0.717) is 11.6 Å². The lowest BCUT2D eigenvalue weighted by Gasteiger charge is -2.16. The van der Waals surface area contributed by atoms with Gasteiger partial charge >= 0.3 is 0 Å². The van der Waals surface area contributed by atoms with Gasteiger partial charge in [-0.15, -0.1) is 11.6 Å². The summed E-state index contributed by atoms with van der Waals surface area (Å²) in [6, 6.07) is 10.3. The van der Waals surface area contributed by atoms with Crippen molar-refractivity contribution >= 4 is 11.6 Å². The van der Waals surface area contributed by atoms with E-state index in [-0.39, 0.29) is 6.10 Å². The summed E-state index contributed by atoms with van der Waals surface area (Å²) in [6.45, 7) is 0. The molecule has 0 radical (unpaired) electrons. The number of pyridine rings is 1. The first-order chi connectivity index (χ1) is 9.80. The number of hydrogen-bond donors (Lipinski definition) is 0. The van der Waals surface area contributed by atoms with Gasteiger partial charge in [-0.25, -0.2) is 0 Å². The van der Waals surface area contributed by atoms with Gasteiger partial charge in [0.25, 0.3) is 0 Å². The van der Waals surface area contributed by atoms with Gasteiger partial charge in [0.15, 0.2) is 11.5 Å². The molecular formula is C16H16ClNO2. The second kappa shape index (κ2) is 5.71. The molecule has 0 unspecified atom stereocenters. The highest BCUT2D eigenvalue weighted by Crippen LogP contribution is 2.31. The van der Waals surface area contributed by atoms with Crippen molar-refractivity contribution in [3.63, 3.8) is 0 Å². The molecule has 0 saturated heterocycles. The van der Waals surface area contributed by atoms with E-state index in [0.717, 1.165) is 24.3 Å². The second-order valence-corrected chi connectivity index (χ2v) is 5.14. The maximum absolute atomic E-state index is 6.10. The highest BCUT2D eigenvalue weighted by molar-refractivity contribution is 6.16. The molecule has 0 N–H and O–H groups in total. The molecule has 4 heteroatoms. The van der Waals surface area contributed by atoms with Gasteiger partial charge in [-0.05, 0) is 11.1 Å². The molecule has 1 aromatic carbocycles. The summed E-state index contributed by atoms with van der Waals surface area (Å²) >= 11 is 5.83. The Morgan fingerprint density at radius 1 is 1.20 bits per heavy atom. The third kappa shape index (κ3) is 2.59. The van der Waals surface area contributed by atoms with Crippen molar-refractivity contribution in [2.75, 3.05) is 7.11 Å². The molecule has 0 fully saturated rings. The SMILES string of the molecule is COc1cnc(CCl)cc1OC1Cc2ccccc2C1. The van der Waals surface area contributed by atoms with Crippen molar-refractivity contribution in [2.24, 2.45) is 0 Å². The van der Waals surface area contributed by atoms with Crippen LogP contribution < -0.4 is 9.47 Å². The Labute approximate surface area is 123 Å². The van der Waals surface area contributed by atoms with Crippen LogP contribution in [0.25, 0.3) is 0 Å².